The molecular formula is C30H24Fe3Ga2. The second-order valence-corrected chi connectivity index (χ2v) is 5.31. The zero-order valence-corrected chi connectivity index (χ0v) is 27.2. The summed E-state index contributed by atoms with van der Waals surface area (Å²) in [5.41, 5.74) is 0. The van der Waals surface area contributed by atoms with Crippen LogP contribution >= 0.6 is 0 Å². The van der Waals surface area contributed by atoms with Crippen molar-refractivity contribution < 1.29 is 51.2 Å². The minimum absolute atomic E-state index is 0. The molecule has 6 fully saturated rings. The summed E-state index contributed by atoms with van der Waals surface area (Å²) >= 11 is 0. The fourth-order valence-corrected chi connectivity index (χ4v) is 1.67. The van der Waals surface area contributed by atoms with Gasteiger partial charge >= 0.3 is 39.6 Å². The first-order valence-electron chi connectivity index (χ1n) is 9.46. The summed E-state index contributed by atoms with van der Waals surface area (Å²) in [6.07, 6.45) is 63.0. The van der Waals surface area contributed by atoms with Crippen molar-refractivity contribution in [3.05, 3.63) is 193 Å². The average molecular weight is 692 g/mol. The van der Waals surface area contributed by atoms with Crippen molar-refractivity contribution in [1.29, 1.82) is 0 Å². The molecule has 0 nitrogen and oxygen atoms in total. The van der Waals surface area contributed by atoms with Gasteiger partial charge in [-0.25, -0.2) is 77.0 Å². The summed E-state index contributed by atoms with van der Waals surface area (Å²) in [4.78, 5) is 0. The zero-order valence-electron chi connectivity index (χ0n) is 19.1. The van der Waals surface area contributed by atoms with Crippen LogP contribution in [0.3, 0.4) is 0 Å². The second-order valence-electron chi connectivity index (χ2n) is 5.31. The Hall–Kier alpha value is 2.83. The predicted molar refractivity (Wildman–Crippen MR) is 134 cm³/mol. The van der Waals surface area contributed by atoms with E-state index in [1.807, 2.05) is 154 Å². The smallest absolute Gasteiger partial charge is 0.474 e. The minimum Gasteiger partial charge on any atom is -0.474 e. The molecule has 5 heteroatoms. The Morgan fingerprint density at radius 2 is 0.286 bits per heavy atom. The van der Waals surface area contributed by atoms with Gasteiger partial charge in [0.25, 0.3) is 0 Å². The van der Waals surface area contributed by atoms with E-state index in [0.717, 1.165) is 0 Å². The van der Waals surface area contributed by atoms with Crippen LogP contribution in [0.1, 0.15) is 0 Å². The SMILES string of the molecule is [C-]1[CH][CH][CH][CH]1.[C-]1[CH][CH][CH][CH]1.[C-]1[CH][CH][CH][CH]1.[C-]1[CH][CH][CH][CH]1.[C-]1[CH][CH][CH][CH]1.[C-]1[CH][CH][CH][CH]1.[Fe].[Fe].[Fe].[Ga+3].[Ga+3]. The van der Waals surface area contributed by atoms with Gasteiger partial charge in [-0.15, -0.1) is 0 Å². The summed E-state index contributed by atoms with van der Waals surface area (Å²) in [6.45, 7) is 0. The van der Waals surface area contributed by atoms with Crippen LogP contribution in [0.4, 0.5) is 0 Å². The van der Waals surface area contributed by atoms with Gasteiger partial charge in [0.15, 0.2) is 0 Å². The van der Waals surface area contributed by atoms with Gasteiger partial charge < -0.3 is 38.5 Å². The number of hydrogen-bond donors (Lipinski definition) is 0. The molecule has 0 aliphatic heterocycles. The molecule has 35 heavy (non-hydrogen) atoms. The molecule has 0 spiro atoms. The van der Waals surface area contributed by atoms with Crippen molar-refractivity contribution in [1.82, 2.24) is 0 Å². The zero-order chi connectivity index (χ0) is 21.2. The van der Waals surface area contributed by atoms with Gasteiger partial charge in [-0.05, 0) is 0 Å². The van der Waals surface area contributed by atoms with E-state index in [1.54, 1.807) is 0 Å². The maximum absolute atomic E-state index is 2.86. The minimum atomic E-state index is 0. The fourth-order valence-electron chi connectivity index (χ4n) is 1.67. The van der Waals surface area contributed by atoms with Gasteiger partial charge in [-0.3, -0.25) is 0 Å². The van der Waals surface area contributed by atoms with E-state index in [0.29, 0.717) is 0 Å². The summed E-state index contributed by atoms with van der Waals surface area (Å²) in [7, 11) is 0. The van der Waals surface area contributed by atoms with Crippen LogP contribution in [-0.2, 0) is 51.2 Å². The van der Waals surface area contributed by atoms with Crippen LogP contribution in [0.5, 0.6) is 0 Å². The summed E-state index contributed by atoms with van der Waals surface area (Å²) in [6, 6.07) is 0. The molecule has 6 aliphatic rings. The van der Waals surface area contributed by atoms with Crippen LogP contribution in [0, 0.1) is 193 Å². The Bertz CT molecular complexity index is 173. The first-order valence-corrected chi connectivity index (χ1v) is 9.46. The Kier molecular flexibility index (Phi) is 59.7. The first kappa shape index (κ1) is 47.6. The topological polar surface area (TPSA) is 0 Å². The fraction of sp³-hybridized carbons (Fsp3) is 0. The molecule has 0 saturated heterocycles. The van der Waals surface area contributed by atoms with E-state index >= 15 is 0 Å². The number of hydrogen-bond acceptors (Lipinski definition) is 0. The van der Waals surface area contributed by atoms with Gasteiger partial charge in [0.1, 0.15) is 0 Å². The van der Waals surface area contributed by atoms with Crippen LogP contribution < -0.4 is 0 Å². The van der Waals surface area contributed by atoms with E-state index in [4.69, 9.17) is 0 Å². The molecule has 0 aromatic carbocycles. The van der Waals surface area contributed by atoms with E-state index in [-0.39, 0.29) is 90.8 Å². The largest absolute Gasteiger partial charge is 3.00 e. The molecule has 174 valence electrons. The Labute approximate surface area is 280 Å². The third kappa shape index (κ3) is 41.5. The third-order valence-corrected chi connectivity index (χ3v) is 2.98. The van der Waals surface area contributed by atoms with E-state index in [9.17, 15) is 0 Å². The van der Waals surface area contributed by atoms with Crippen molar-refractivity contribution in [2.24, 2.45) is 0 Å². The monoisotopic (exact) mass is 690 g/mol. The van der Waals surface area contributed by atoms with Gasteiger partial charge in [0.2, 0.25) is 0 Å². The Morgan fingerprint density at radius 3 is 0.314 bits per heavy atom. The van der Waals surface area contributed by atoms with Crippen LogP contribution in [0.15, 0.2) is 0 Å². The van der Waals surface area contributed by atoms with Crippen molar-refractivity contribution >= 4 is 39.6 Å². The molecular weight excluding hydrogens is 667 g/mol. The standard InChI is InChI=1S/6C5H4.3Fe.2Ga/c6*1-2-4-5-3-1;;;;;/h6*1-4H;;;;;/q6*-1;;;;2*+3. The summed E-state index contributed by atoms with van der Waals surface area (Å²) < 4.78 is 0. The van der Waals surface area contributed by atoms with Crippen LogP contribution in [0.2, 0.25) is 0 Å². The van der Waals surface area contributed by atoms with Gasteiger partial charge in [-0.1, -0.05) is 77.0 Å². The van der Waals surface area contributed by atoms with E-state index in [2.05, 4.69) is 38.5 Å². The molecule has 6 aliphatic carbocycles. The molecule has 0 bridgehead atoms. The molecule has 6 saturated carbocycles. The average Bonchev–Trinajstić information content (AvgIpc) is 3.69. The maximum atomic E-state index is 2.86. The second kappa shape index (κ2) is 43.9. The molecule has 30 radical (unpaired) electrons. The van der Waals surface area contributed by atoms with E-state index < -0.39 is 0 Å². The van der Waals surface area contributed by atoms with Crippen molar-refractivity contribution in [3.63, 3.8) is 0 Å². The molecule has 0 atom stereocenters. The van der Waals surface area contributed by atoms with Crippen LogP contribution in [0.25, 0.3) is 0 Å². The maximum Gasteiger partial charge on any atom is 3.00 e. The van der Waals surface area contributed by atoms with Gasteiger partial charge in [0.05, 0.1) is 0 Å². The molecule has 6 rings (SSSR count). The van der Waals surface area contributed by atoms with Crippen molar-refractivity contribution in [2.45, 2.75) is 0 Å². The summed E-state index contributed by atoms with van der Waals surface area (Å²) in [5, 5.41) is 0. The normalized spacial score (nSPS) is 20.6. The van der Waals surface area contributed by atoms with Gasteiger partial charge in [-0.2, -0.15) is 0 Å². The van der Waals surface area contributed by atoms with Gasteiger partial charge in [0, 0.05) is 51.2 Å². The van der Waals surface area contributed by atoms with Crippen molar-refractivity contribution in [2.75, 3.05) is 0 Å². The van der Waals surface area contributed by atoms with Crippen LogP contribution in [-0.4, -0.2) is 39.6 Å². The first-order chi connectivity index (χ1) is 15.0. The quantitative estimate of drug-likeness (QED) is 0.257. The predicted octanol–water partition coefficient (Wildman–Crippen LogP) is 4.62. The molecule has 0 N–H and O–H groups in total. The molecule has 0 heterocycles. The Morgan fingerprint density at radius 1 is 0.200 bits per heavy atom. The molecule has 0 unspecified atom stereocenters. The molecule has 0 aromatic rings. The van der Waals surface area contributed by atoms with E-state index in [1.165, 1.54) is 0 Å². The summed E-state index contributed by atoms with van der Waals surface area (Å²) in [5.74, 6) is 0. The molecule has 0 aromatic heterocycles. The number of rotatable bonds is 0. The third-order valence-electron chi connectivity index (χ3n) is 2.98. The Balaban J connectivity index is -0.0000001000. The van der Waals surface area contributed by atoms with Crippen molar-refractivity contribution in [3.8, 4) is 0 Å². The molecule has 0 amide bonds.